The van der Waals surface area contributed by atoms with E-state index in [0.717, 1.165) is 5.56 Å². The molecular formula is C20H23NO6. The van der Waals surface area contributed by atoms with Gasteiger partial charge in [0, 0.05) is 5.56 Å². The number of benzene rings is 2. The maximum atomic E-state index is 12.5. The first kappa shape index (κ1) is 20.1. The van der Waals surface area contributed by atoms with E-state index >= 15 is 0 Å². The second kappa shape index (κ2) is 9.47. The molecule has 1 atom stereocenters. The smallest absolute Gasteiger partial charge is 0.341 e. The van der Waals surface area contributed by atoms with Crippen molar-refractivity contribution in [3.8, 4) is 17.2 Å². The second-order valence-electron chi connectivity index (χ2n) is 5.86. The van der Waals surface area contributed by atoms with Crippen LogP contribution in [0.1, 0.15) is 24.1 Å². The number of carbonyl (C=O) groups excluding carboxylic acids is 1. The minimum Gasteiger partial charge on any atom is -0.496 e. The first-order chi connectivity index (χ1) is 12.9. The molecule has 0 fully saturated rings. The highest BCUT2D eigenvalue weighted by atomic mass is 16.5. The number of rotatable bonds is 9. The molecular weight excluding hydrogens is 350 g/mol. The molecule has 0 aliphatic heterocycles. The monoisotopic (exact) mass is 373 g/mol. The van der Waals surface area contributed by atoms with E-state index in [1.165, 1.54) is 0 Å². The molecule has 2 aromatic carbocycles. The average Bonchev–Trinajstić information content (AvgIpc) is 2.66. The quantitative estimate of drug-likeness (QED) is 0.702. The molecule has 0 radical (unpaired) electrons. The lowest BCUT2D eigenvalue weighted by Gasteiger charge is -2.17. The molecule has 144 valence electrons. The summed E-state index contributed by atoms with van der Waals surface area (Å²) >= 11 is 0. The summed E-state index contributed by atoms with van der Waals surface area (Å²) in [7, 11) is 3.10. The Morgan fingerprint density at radius 1 is 1.04 bits per heavy atom. The number of carboxylic acids is 1. The lowest BCUT2D eigenvalue weighted by molar-refractivity contribution is -0.139. The summed E-state index contributed by atoms with van der Waals surface area (Å²) in [6.07, 6.45) is 0.122. The van der Waals surface area contributed by atoms with Gasteiger partial charge < -0.3 is 24.6 Å². The van der Waals surface area contributed by atoms with Crippen LogP contribution in [0.5, 0.6) is 17.2 Å². The molecule has 2 rings (SSSR count). The lowest BCUT2D eigenvalue weighted by Crippen LogP contribution is -2.28. The number of hydrogen-bond acceptors (Lipinski definition) is 5. The number of nitrogens with one attached hydrogen (secondary N) is 1. The summed E-state index contributed by atoms with van der Waals surface area (Å²) in [6, 6.07) is 12.0. The van der Waals surface area contributed by atoms with E-state index < -0.39 is 12.6 Å². The van der Waals surface area contributed by atoms with Gasteiger partial charge >= 0.3 is 5.97 Å². The van der Waals surface area contributed by atoms with Crippen molar-refractivity contribution in [3.05, 3.63) is 53.6 Å². The van der Waals surface area contributed by atoms with Crippen LogP contribution in [0.2, 0.25) is 0 Å². The molecule has 0 aliphatic rings. The van der Waals surface area contributed by atoms with Crippen molar-refractivity contribution in [2.75, 3.05) is 20.8 Å². The molecule has 1 amide bonds. The predicted octanol–water partition coefficient (Wildman–Crippen LogP) is 2.59. The van der Waals surface area contributed by atoms with Gasteiger partial charge in [-0.2, -0.15) is 0 Å². The number of aliphatic carboxylic acids is 1. The van der Waals surface area contributed by atoms with Crippen molar-refractivity contribution in [1.82, 2.24) is 5.32 Å². The van der Waals surface area contributed by atoms with Crippen LogP contribution >= 0.6 is 0 Å². The molecule has 7 nitrogen and oxygen atoms in total. The lowest BCUT2D eigenvalue weighted by atomic mass is 10.1. The van der Waals surface area contributed by atoms with Gasteiger partial charge in [0.1, 0.15) is 17.2 Å². The van der Waals surface area contributed by atoms with Gasteiger partial charge in [0.15, 0.2) is 6.61 Å². The van der Waals surface area contributed by atoms with Gasteiger partial charge in [0.2, 0.25) is 5.91 Å². The minimum atomic E-state index is -1.04. The molecule has 1 unspecified atom stereocenters. The number of methoxy groups -OCH3 is 2. The van der Waals surface area contributed by atoms with Crippen molar-refractivity contribution in [2.24, 2.45) is 0 Å². The van der Waals surface area contributed by atoms with Crippen molar-refractivity contribution in [1.29, 1.82) is 0 Å². The highest BCUT2D eigenvalue weighted by Gasteiger charge is 2.16. The minimum absolute atomic E-state index is 0.122. The normalized spacial score (nSPS) is 11.4. The molecule has 2 N–H and O–H groups in total. The maximum absolute atomic E-state index is 12.5. The Bertz CT molecular complexity index is 765. The topological polar surface area (TPSA) is 94.1 Å². The number of ether oxygens (including phenoxy) is 3. The van der Waals surface area contributed by atoms with E-state index in [1.54, 1.807) is 56.7 Å². The van der Waals surface area contributed by atoms with Crippen LogP contribution in [0.15, 0.2) is 42.5 Å². The number of hydrogen-bond donors (Lipinski definition) is 2. The molecule has 0 aliphatic carbocycles. The summed E-state index contributed by atoms with van der Waals surface area (Å²) < 4.78 is 15.7. The number of carboxylic acid groups (broad SMARTS) is 1. The fraction of sp³-hybridized carbons (Fsp3) is 0.300. The highest BCUT2D eigenvalue weighted by molar-refractivity contribution is 5.80. The number of carbonyl (C=O) groups is 2. The van der Waals surface area contributed by atoms with Crippen LogP contribution in [-0.4, -0.2) is 37.8 Å². The van der Waals surface area contributed by atoms with Crippen molar-refractivity contribution in [2.45, 2.75) is 19.4 Å². The zero-order valence-corrected chi connectivity index (χ0v) is 15.5. The summed E-state index contributed by atoms with van der Waals surface area (Å²) in [5.74, 6) is 0.440. The third-order valence-electron chi connectivity index (χ3n) is 3.99. The van der Waals surface area contributed by atoms with E-state index in [2.05, 4.69) is 5.32 Å². The van der Waals surface area contributed by atoms with Crippen LogP contribution < -0.4 is 19.5 Å². The Balaban J connectivity index is 2.00. The maximum Gasteiger partial charge on any atom is 0.341 e. The summed E-state index contributed by atoms with van der Waals surface area (Å²) in [5, 5.41) is 11.6. The Morgan fingerprint density at radius 2 is 1.63 bits per heavy atom. The summed E-state index contributed by atoms with van der Waals surface area (Å²) in [5.41, 5.74) is 1.56. The highest BCUT2D eigenvalue weighted by Crippen LogP contribution is 2.29. The van der Waals surface area contributed by atoms with Gasteiger partial charge in [-0.05, 0) is 36.8 Å². The van der Waals surface area contributed by atoms with E-state index in [9.17, 15) is 9.59 Å². The SMILES string of the molecule is COc1cccc(OC)c1CC(=O)NC(C)c1ccc(OCC(=O)O)cc1. The standard InChI is InChI=1S/C20H23NO6/c1-13(14-7-9-15(10-8-14)27-12-20(23)24)21-19(22)11-16-17(25-2)5-4-6-18(16)26-3/h4-10,13H,11-12H2,1-3H3,(H,21,22)(H,23,24). The fourth-order valence-corrected chi connectivity index (χ4v) is 2.64. The van der Waals surface area contributed by atoms with E-state index in [4.69, 9.17) is 19.3 Å². The van der Waals surface area contributed by atoms with Gasteiger partial charge in [-0.1, -0.05) is 18.2 Å². The van der Waals surface area contributed by atoms with Crippen LogP contribution in [0.3, 0.4) is 0 Å². The van der Waals surface area contributed by atoms with Crippen LogP contribution in [0.4, 0.5) is 0 Å². The average molecular weight is 373 g/mol. The molecule has 0 aromatic heterocycles. The zero-order chi connectivity index (χ0) is 19.8. The van der Waals surface area contributed by atoms with Crippen molar-refractivity contribution >= 4 is 11.9 Å². The zero-order valence-electron chi connectivity index (χ0n) is 15.5. The molecule has 0 heterocycles. The Kier molecular flexibility index (Phi) is 7.05. The van der Waals surface area contributed by atoms with E-state index in [-0.39, 0.29) is 18.4 Å². The van der Waals surface area contributed by atoms with Crippen LogP contribution in [-0.2, 0) is 16.0 Å². The molecule has 0 saturated carbocycles. The molecule has 0 saturated heterocycles. The third kappa shape index (κ3) is 5.64. The van der Waals surface area contributed by atoms with Crippen molar-refractivity contribution in [3.63, 3.8) is 0 Å². The van der Waals surface area contributed by atoms with Crippen molar-refractivity contribution < 1.29 is 28.9 Å². The van der Waals surface area contributed by atoms with Crippen LogP contribution in [0.25, 0.3) is 0 Å². The second-order valence-corrected chi connectivity index (χ2v) is 5.86. The van der Waals surface area contributed by atoms with Gasteiger partial charge in [-0.25, -0.2) is 4.79 Å². The van der Waals surface area contributed by atoms with Gasteiger partial charge in [0.25, 0.3) is 0 Å². The molecule has 0 spiro atoms. The van der Waals surface area contributed by atoms with Gasteiger partial charge in [-0.15, -0.1) is 0 Å². The Labute approximate surface area is 157 Å². The predicted molar refractivity (Wildman–Crippen MR) is 99.4 cm³/mol. The molecule has 27 heavy (non-hydrogen) atoms. The first-order valence-electron chi connectivity index (χ1n) is 8.38. The third-order valence-corrected chi connectivity index (χ3v) is 3.99. The van der Waals surface area contributed by atoms with Gasteiger partial charge in [0.05, 0.1) is 26.7 Å². The Hall–Kier alpha value is -3.22. The largest absolute Gasteiger partial charge is 0.496 e. The van der Waals surface area contributed by atoms with Gasteiger partial charge in [-0.3, -0.25) is 4.79 Å². The van der Waals surface area contributed by atoms with E-state index in [0.29, 0.717) is 22.8 Å². The summed E-state index contributed by atoms with van der Waals surface area (Å²) in [4.78, 5) is 23.0. The molecule has 0 bridgehead atoms. The number of amides is 1. The Morgan fingerprint density at radius 3 is 2.15 bits per heavy atom. The van der Waals surface area contributed by atoms with E-state index in [1.807, 2.05) is 6.92 Å². The fourth-order valence-electron chi connectivity index (χ4n) is 2.64. The first-order valence-corrected chi connectivity index (χ1v) is 8.38. The molecule has 7 heteroatoms. The summed E-state index contributed by atoms with van der Waals surface area (Å²) in [6.45, 7) is 1.47. The molecule has 2 aromatic rings. The van der Waals surface area contributed by atoms with Crippen LogP contribution in [0, 0.1) is 0 Å².